The summed E-state index contributed by atoms with van der Waals surface area (Å²) in [5.41, 5.74) is 5.99. The van der Waals surface area contributed by atoms with Crippen LogP contribution in [0.15, 0.2) is 23.2 Å². The molecular weight excluding hydrogens is 258 g/mol. The Hall–Kier alpha value is -1.91. The largest absolute Gasteiger partial charge is 0.325 e. The number of hydrogen-bond acceptors (Lipinski definition) is 7. The molecule has 0 saturated carbocycles. The maximum atomic E-state index is 11.9. The lowest BCUT2D eigenvalue weighted by Gasteiger charge is -2.04. The van der Waals surface area contributed by atoms with Gasteiger partial charge >= 0.3 is 0 Å². The summed E-state index contributed by atoms with van der Waals surface area (Å²) in [6.07, 6.45) is 1.25. The fourth-order valence-electron chi connectivity index (χ4n) is 1.19. The Balaban J connectivity index is 2.09. The van der Waals surface area contributed by atoms with Gasteiger partial charge < -0.3 is 5.73 Å². The molecule has 0 spiro atoms. The molecule has 2 heterocycles. The van der Waals surface area contributed by atoms with E-state index in [4.69, 9.17) is 5.73 Å². The average Bonchev–Trinajstić information content (AvgIpc) is 2.90. The van der Waals surface area contributed by atoms with Gasteiger partial charge in [-0.2, -0.15) is 5.21 Å². The molecule has 0 saturated heterocycles. The number of sulfonamides is 1. The molecule has 0 aliphatic carbocycles. The van der Waals surface area contributed by atoms with Crippen LogP contribution >= 0.6 is 0 Å². The van der Waals surface area contributed by atoms with Crippen LogP contribution in [0.3, 0.4) is 0 Å². The number of tetrazole rings is 1. The van der Waals surface area contributed by atoms with Gasteiger partial charge in [0.05, 0.1) is 12.2 Å². The number of nitrogens with one attached hydrogen (secondary N) is 2. The molecule has 18 heavy (non-hydrogen) atoms. The van der Waals surface area contributed by atoms with Gasteiger partial charge in [0.2, 0.25) is 10.0 Å². The number of nitrogens with zero attached hydrogens (tertiary/aromatic N) is 4. The Morgan fingerprint density at radius 2 is 2.22 bits per heavy atom. The second-order valence-electron chi connectivity index (χ2n) is 3.34. The lowest BCUT2D eigenvalue weighted by atomic mass is 10.4. The van der Waals surface area contributed by atoms with Crippen molar-refractivity contribution in [3.8, 4) is 0 Å². The van der Waals surface area contributed by atoms with Gasteiger partial charge in [-0.3, -0.25) is 4.98 Å². The van der Waals surface area contributed by atoms with E-state index in [2.05, 4.69) is 30.3 Å². The first-order valence-corrected chi connectivity index (χ1v) is 6.47. The maximum absolute atomic E-state index is 11.9. The van der Waals surface area contributed by atoms with Gasteiger partial charge in [0.25, 0.3) is 0 Å². The zero-order chi connectivity index (χ0) is 13.0. The highest BCUT2D eigenvalue weighted by molar-refractivity contribution is 7.89. The number of rotatable bonds is 5. The second kappa shape index (κ2) is 5.16. The molecule has 4 N–H and O–H groups in total. The first-order valence-electron chi connectivity index (χ1n) is 4.99. The first kappa shape index (κ1) is 12.5. The highest BCUT2D eigenvalue weighted by Crippen LogP contribution is 2.07. The molecule has 0 amide bonds. The number of aromatic amines is 1. The zero-order valence-corrected chi connectivity index (χ0v) is 10.1. The van der Waals surface area contributed by atoms with Crippen molar-refractivity contribution >= 4 is 10.0 Å². The van der Waals surface area contributed by atoms with Crippen LogP contribution in [0.1, 0.15) is 11.5 Å². The predicted octanol–water partition coefficient (Wildman–Crippen LogP) is -1.47. The number of nitrogens with two attached hydrogens (primary N) is 1. The molecule has 0 aromatic carbocycles. The van der Waals surface area contributed by atoms with Crippen molar-refractivity contribution in [1.82, 2.24) is 30.3 Å². The van der Waals surface area contributed by atoms with Crippen molar-refractivity contribution < 1.29 is 8.42 Å². The van der Waals surface area contributed by atoms with E-state index in [9.17, 15) is 8.42 Å². The molecule has 0 radical (unpaired) electrons. The molecule has 9 nitrogen and oxygen atoms in total. The standard InChI is InChI=1S/C8H11N7O2S/c9-3-6-1-2-7(4-10-6)18(16,17)11-5-8-12-14-15-13-8/h1-2,4,11H,3,5,9H2,(H,12,13,14,15). The van der Waals surface area contributed by atoms with Crippen LogP contribution in [-0.2, 0) is 23.1 Å². The summed E-state index contributed by atoms with van der Waals surface area (Å²) < 4.78 is 26.0. The summed E-state index contributed by atoms with van der Waals surface area (Å²) in [5, 5.41) is 12.8. The van der Waals surface area contributed by atoms with Crippen molar-refractivity contribution in [3.63, 3.8) is 0 Å². The summed E-state index contributed by atoms with van der Waals surface area (Å²) in [6, 6.07) is 3.00. The summed E-state index contributed by atoms with van der Waals surface area (Å²) in [4.78, 5) is 3.97. The molecule has 0 atom stereocenters. The number of H-pyrrole nitrogens is 1. The Kier molecular flexibility index (Phi) is 3.60. The summed E-state index contributed by atoms with van der Waals surface area (Å²) >= 11 is 0. The molecule has 0 unspecified atom stereocenters. The van der Waals surface area contributed by atoms with E-state index in [1.165, 1.54) is 12.3 Å². The van der Waals surface area contributed by atoms with Crippen molar-refractivity contribution in [3.05, 3.63) is 29.8 Å². The molecule has 0 aliphatic rings. The van der Waals surface area contributed by atoms with Crippen LogP contribution in [0.4, 0.5) is 0 Å². The molecule has 0 bridgehead atoms. The molecule has 2 rings (SSSR count). The molecular formula is C8H11N7O2S. The van der Waals surface area contributed by atoms with Crippen molar-refractivity contribution in [1.29, 1.82) is 0 Å². The van der Waals surface area contributed by atoms with E-state index in [1.807, 2.05) is 0 Å². The van der Waals surface area contributed by atoms with Crippen LogP contribution in [0.2, 0.25) is 0 Å². The number of aromatic nitrogens is 5. The second-order valence-corrected chi connectivity index (χ2v) is 5.11. The third kappa shape index (κ3) is 2.85. The number of pyridine rings is 1. The zero-order valence-electron chi connectivity index (χ0n) is 9.24. The van der Waals surface area contributed by atoms with Crippen LogP contribution in [0, 0.1) is 0 Å². The van der Waals surface area contributed by atoms with Crippen LogP contribution in [-0.4, -0.2) is 34.0 Å². The highest BCUT2D eigenvalue weighted by atomic mass is 32.2. The molecule has 96 valence electrons. The Labute approximate surface area is 103 Å². The van der Waals surface area contributed by atoms with Crippen molar-refractivity contribution in [2.45, 2.75) is 18.0 Å². The Bertz CT molecular complexity index is 593. The maximum Gasteiger partial charge on any atom is 0.242 e. The van der Waals surface area contributed by atoms with Crippen LogP contribution in [0.25, 0.3) is 0 Å². The molecule has 2 aromatic heterocycles. The van der Waals surface area contributed by atoms with E-state index in [0.717, 1.165) is 0 Å². The summed E-state index contributed by atoms with van der Waals surface area (Å²) in [7, 11) is -3.64. The van der Waals surface area contributed by atoms with E-state index in [-0.39, 0.29) is 23.8 Å². The molecule has 0 fully saturated rings. The van der Waals surface area contributed by atoms with E-state index in [0.29, 0.717) is 5.69 Å². The third-order valence-corrected chi connectivity index (χ3v) is 3.51. The van der Waals surface area contributed by atoms with Crippen LogP contribution in [0.5, 0.6) is 0 Å². The summed E-state index contributed by atoms with van der Waals surface area (Å²) in [6.45, 7) is 0.216. The van der Waals surface area contributed by atoms with E-state index >= 15 is 0 Å². The summed E-state index contributed by atoms with van der Waals surface area (Å²) in [5.74, 6) is 0.255. The van der Waals surface area contributed by atoms with Gasteiger partial charge in [-0.1, -0.05) is 5.21 Å². The first-order chi connectivity index (χ1) is 8.62. The van der Waals surface area contributed by atoms with Gasteiger partial charge in [0.15, 0.2) is 5.82 Å². The minimum atomic E-state index is -3.64. The lowest BCUT2D eigenvalue weighted by Crippen LogP contribution is -2.24. The molecule has 2 aromatic rings. The fraction of sp³-hybridized carbons (Fsp3) is 0.250. The minimum Gasteiger partial charge on any atom is -0.325 e. The van der Waals surface area contributed by atoms with Gasteiger partial charge in [-0.25, -0.2) is 13.1 Å². The normalized spacial score (nSPS) is 11.6. The van der Waals surface area contributed by atoms with Gasteiger partial charge in [0, 0.05) is 12.7 Å². The van der Waals surface area contributed by atoms with Crippen molar-refractivity contribution in [2.24, 2.45) is 5.73 Å². The third-order valence-electron chi connectivity index (χ3n) is 2.13. The smallest absolute Gasteiger partial charge is 0.242 e. The highest BCUT2D eigenvalue weighted by Gasteiger charge is 2.15. The quantitative estimate of drug-likeness (QED) is 0.602. The van der Waals surface area contributed by atoms with Gasteiger partial charge in [-0.05, 0) is 12.1 Å². The molecule has 10 heteroatoms. The van der Waals surface area contributed by atoms with E-state index in [1.54, 1.807) is 6.07 Å². The average molecular weight is 269 g/mol. The van der Waals surface area contributed by atoms with Crippen LogP contribution < -0.4 is 10.5 Å². The monoisotopic (exact) mass is 269 g/mol. The number of hydrogen-bond donors (Lipinski definition) is 3. The topological polar surface area (TPSA) is 140 Å². The molecule has 0 aliphatic heterocycles. The fourth-order valence-corrected chi connectivity index (χ4v) is 2.12. The lowest BCUT2D eigenvalue weighted by molar-refractivity contribution is 0.578. The van der Waals surface area contributed by atoms with Crippen molar-refractivity contribution in [2.75, 3.05) is 0 Å². The Morgan fingerprint density at radius 1 is 1.39 bits per heavy atom. The SMILES string of the molecule is NCc1ccc(S(=O)(=O)NCc2nn[nH]n2)cn1. The predicted molar refractivity (Wildman–Crippen MR) is 60.3 cm³/mol. The minimum absolute atomic E-state index is 0.0442. The van der Waals surface area contributed by atoms with Gasteiger partial charge in [0.1, 0.15) is 4.90 Å². The van der Waals surface area contributed by atoms with Gasteiger partial charge in [-0.15, -0.1) is 10.2 Å². The van der Waals surface area contributed by atoms with E-state index < -0.39 is 10.0 Å². The Morgan fingerprint density at radius 3 is 2.78 bits per heavy atom.